The summed E-state index contributed by atoms with van der Waals surface area (Å²) in [4.78, 5) is 11.2. The Hall–Kier alpha value is -0.570. The second-order valence-corrected chi connectivity index (χ2v) is 3.84. The van der Waals surface area contributed by atoms with Gasteiger partial charge in [0.15, 0.2) is 0 Å². The van der Waals surface area contributed by atoms with Crippen molar-refractivity contribution >= 4 is 5.97 Å². The molecule has 2 N–H and O–H groups in total. The Kier molecular flexibility index (Phi) is 3.09. The third kappa shape index (κ3) is 2.81. The number of carbonyl (C=O) groups is 1. The largest absolute Gasteiger partial charge is 0.464 e. The molecule has 70 valence electrons. The van der Waals surface area contributed by atoms with Crippen LogP contribution in [0, 0.1) is 11.8 Å². The molecule has 0 aromatic carbocycles. The van der Waals surface area contributed by atoms with E-state index in [-0.39, 0.29) is 11.9 Å². The molecule has 0 saturated heterocycles. The van der Waals surface area contributed by atoms with Gasteiger partial charge in [-0.3, -0.25) is 4.79 Å². The lowest BCUT2D eigenvalue weighted by atomic mass is 10.1. The first kappa shape index (κ1) is 9.52. The van der Waals surface area contributed by atoms with E-state index < -0.39 is 6.04 Å². The lowest BCUT2D eigenvalue weighted by molar-refractivity contribution is -0.146. The second kappa shape index (κ2) is 3.90. The normalized spacial score (nSPS) is 19.3. The Morgan fingerprint density at radius 2 is 2.17 bits per heavy atom. The second-order valence-electron chi connectivity index (χ2n) is 3.84. The smallest absolute Gasteiger partial charge is 0.323 e. The summed E-state index contributed by atoms with van der Waals surface area (Å²) < 4.78 is 5.03. The van der Waals surface area contributed by atoms with Crippen molar-refractivity contribution in [1.82, 2.24) is 0 Å². The fourth-order valence-electron chi connectivity index (χ4n) is 0.853. The molecule has 12 heavy (non-hydrogen) atoms. The third-order valence-electron chi connectivity index (χ3n) is 2.15. The summed E-state index contributed by atoms with van der Waals surface area (Å²) in [6, 6.07) is -0.455. The van der Waals surface area contributed by atoms with Crippen molar-refractivity contribution < 1.29 is 9.53 Å². The van der Waals surface area contributed by atoms with Gasteiger partial charge in [0.05, 0.1) is 6.61 Å². The van der Waals surface area contributed by atoms with Crippen LogP contribution in [-0.4, -0.2) is 18.6 Å². The number of hydrogen-bond acceptors (Lipinski definition) is 3. The molecular weight excluding hydrogens is 154 g/mol. The van der Waals surface area contributed by atoms with Gasteiger partial charge in [0.1, 0.15) is 6.04 Å². The van der Waals surface area contributed by atoms with E-state index in [9.17, 15) is 4.79 Å². The average Bonchev–Trinajstić information content (AvgIpc) is 2.81. The maximum Gasteiger partial charge on any atom is 0.323 e. The zero-order chi connectivity index (χ0) is 9.14. The third-order valence-corrected chi connectivity index (χ3v) is 2.15. The van der Waals surface area contributed by atoms with Crippen molar-refractivity contribution in [2.75, 3.05) is 6.61 Å². The minimum Gasteiger partial charge on any atom is -0.464 e. The van der Waals surface area contributed by atoms with Gasteiger partial charge in [0.2, 0.25) is 0 Å². The zero-order valence-electron chi connectivity index (χ0n) is 7.75. The predicted octanol–water partition coefficient (Wildman–Crippen LogP) is 0.923. The molecule has 0 amide bonds. The number of esters is 1. The summed E-state index contributed by atoms with van der Waals surface area (Å²) in [5.41, 5.74) is 5.59. The maximum atomic E-state index is 11.2. The summed E-state index contributed by atoms with van der Waals surface area (Å²) in [5, 5.41) is 0. The van der Waals surface area contributed by atoms with Crippen molar-refractivity contribution in [3.05, 3.63) is 0 Å². The quantitative estimate of drug-likeness (QED) is 0.640. The molecule has 0 aromatic rings. The molecule has 3 nitrogen and oxygen atoms in total. The maximum absolute atomic E-state index is 11.2. The highest BCUT2D eigenvalue weighted by Gasteiger charge is 2.25. The molecule has 1 aliphatic carbocycles. The minimum absolute atomic E-state index is 0.164. The molecule has 0 spiro atoms. The summed E-state index contributed by atoms with van der Waals surface area (Å²) in [6.45, 7) is 4.41. The predicted molar refractivity (Wildman–Crippen MR) is 46.5 cm³/mol. The molecule has 1 rings (SSSR count). The first-order chi connectivity index (χ1) is 5.61. The monoisotopic (exact) mass is 171 g/mol. The highest BCUT2D eigenvalue weighted by atomic mass is 16.5. The van der Waals surface area contributed by atoms with Crippen LogP contribution in [0.1, 0.15) is 26.7 Å². The van der Waals surface area contributed by atoms with E-state index in [0.29, 0.717) is 12.5 Å². The number of nitrogens with two attached hydrogens (primary N) is 1. The van der Waals surface area contributed by atoms with Gasteiger partial charge in [-0.15, -0.1) is 0 Å². The molecule has 1 atom stereocenters. The Morgan fingerprint density at radius 1 is 1.58 bits per heavy atom. The molecule has 0 heterocycles. The van der Waals surface area contributed by atoms with Crippen molar-refractivity contribution in [2.45, 2.75) is 32.7 Å². The Bertz CT molecular complexity index is 164. The minimum atomic E-state index is -0.455. The van der Waals surface area contributed by atoms with Crippen LogP contribution in [0.4, 0.5) is 0 Å². The highest BCUT2D eigenvalue weighted by Crippen LogP contribution is 2.28. The van der Waals surface area contributed by atoms with Gasteiger partial charge in [-0.1, -0.05) is 13.8 Å². The van der Waals surface area contributed by atoms with Gasteiger partial charge in [-0.2, -0.15) is 0 Å². The summed E-state index contributed by atoms with van der Waals surface area (Å²) in [6.07, 6.45) is 2.40. The van der Waals surface area contributed by atoms with Gasteiger partial charge in [0.25, 0.3) is 0 Å². The van der Waals surface area contributed by atoms with Gasteiger partial charge in [-0.05, 0) is 24.7 Å². The standard InChI is InChI=1S/C9H17NO2/c1-6(2)8(10)9(11)12-5-7-3-4-7/h6-8H,3-5,10H2,1-2H3. The van der Waals surface area contributed by atoms with Crippen molar-refractivity contribution in [2.24, 2.45) is 17.6 Å². The van der Waals surface area contributed by atoms with Gasteiger partial charge in [0, 0.05) is 0 Å². The Labute approximate surface area is 73.3 Å². The van der Waals surface area contributed by atoms with Gasteiger partial charge < -0.3 is 10.5 Å². The Morgan fingerprint density at radius 3 is 2.58 bits per heavy atom. The first-order valence-corrected chi connectivity index (χ1v) is 4.53. The Balaban J connectivity index is 2.16. The molecule has 1 fully saturated rings. The van der Waals surface area contributed by atoms with Crippen LogP contribution in [-0.2, 0) is 9.53 Å². The van der Waals surface area contributed by atoms with Crippen molar-refractivity contribution in [1.29, 1.82) is 0 Å². The van der Waals surface area contributed by atoms with E-state index in [1.807, 2.05) is 13.8 Å². The van der Waals surface area contributed by atoms with Crippen LogP contribution in [0.15, 0.2) is 0 Å². The molecule has 0 radical (unpaired) electrons. The topological polar surface area (TPSA) is 52.3 Å². The number of rotatable bonds is 4. The van der Waals surface area contributed by atoms with Crippen LogP contribution in [0.3, 0.4) is 0 Å². The van der Waals surface area contributed by atoms with Crippen molar-refractivity contribution in [3.8, 4) is 0 Å². The van der Waals surface area contributed by atoms with Crippen LogP contribution >= 0.6 is 0 Å². The zero-order valence-corrected chi connectivity index (χ0v) is 7.75. The average molecular weight is 171 g/mol. The SMILES string of the molecule is CC(C)C(N)C(=O)OCC1CC1. The van der Waals surface area contributed by atoms with Crippen LogP contribution in [0.2, 0.25) is 0 Å². The van der Waals surface area contributed by atoms with E-state index in [0.717, 1.165) is 0 Å². The summed E-state index contributed by atoms with van der Waals surface area (Å²) in [7, 11) is 0. The van der Waals surface area contributed by atoms with E-state index in [1.54, 1.807) is 0 Å². The molecule has 1 saturated carbocycles. The molecule has 0 aromatic heterocycles. The highest BCUT2D eigenvalue weighted by molar-refractivity contribution is 5.75. The van der Waals surface area contributed by atoms with Crippen LogP contribution < -0.4 is 5.73 Å². The first-order valence-electron chi connectivity index (χ1n) is 4.53. The van der Waals surface area contributed by atoms with E-state index in [1.165, 1.54) is 12.8 Å². The summed E-state index contributed by atoms with van der Waals surface area (Å²) in [5.74, 6) is 0.530. The summed E-state index contributed by atoms with van der Waals surface area (Å²) >= 11 is 0. The molecule has 0 aliphatic heterocycles. The van der Waals surface area contributed by atoms with Crippen LogP contribution in [0.5, 0.6) is 0 Å². The van der Waals surface area contributed by atoms with Gasteiger partial charge in [-0.25, -0.2) is 0 Å². The lowest BCUT2D eigenvalue weighted by Gasteiger charge is -2.13. The van der Waals surface area contributed by atoms with E-state index >= 15 is 0 Å². The number of hydrogen-bond donors (Lipinski definition) is 1. The number of ether oxygens (including phenoxy) is 1. The van der Waals surface area contributed by atoms with Crippen LogP contribution in [0.25, 0.3) is 0 Å². The van der Waals surface area contributed by atoms with E-state index in [4.69, 9.17) is 10.5 Å². The van der Waals surface area contributed by atoms with E-state index in [2.05, 4.69) is 0 Å². The molecule has 1 unspecified atom stereocenters. The molecule has 0 bridgehead atoms. The lowest BCUT2D eigenvalue weighted by Crippen LogP contribution is -2.37. The van der Waals surface area contributed by atoms with Crippen molar-refractivity contribution in [3.63, 3.8) is 0 Å². The van der Waals surface area contributed by atoms with Gasteiger partial charge >= 0.3 is 5.97 Å². The molecule has 3 heteroatoms. The molecule has 1 aliphatic rings. The fraction of sp³-hybridized carbons (Fsp3) is 0.889. The number of carbonyl (C=O) groups excluding carboxylic acids is 1. The fourth-order valence-corrected chi connectivity index (χ4v) is 0.853. The molecular formula is C9H17NO2.